The summed E-state index contributed by atoms with van der Waals surface area (Å²) in [7, 11) is 1.00. The number of piperidine rings is 2. The minimum atomic E-state index is 0.607. The van der Waals surface area contributed by atoms with Gasteiger partial charge in [0.2, 0.25) is 6.54 Å². The number of hydrogen-bond donors (Lipinski definition) is 3. The Morgan fingerprint density at radius 1 is 0.964 bits per heavy atom. The second-order valence-electron chi connectivity index (χ2n) is 7.54. The molecule has 5 N–H and O–H groups in total. The minimum absolute atomic E-state index is 0.607. The monoisotopic (exact) mass is 394 g/mol. The number of nitrogens with two attached hydrogens (primary N) is 2. The molecular weight excluding hydrogens is 352 g/mol. The quantitative estimate of drug-likeness (QED) is 0.539. The van der Waals surface area contributed by atoms with Gasteiger partial charge in [-0.3, -0.25) is 0 Å². The maximum Gasteiger partial charge on any atom is 0.217 e. The Morgan fingerprint density at radius 2 is 1.50 bits per heavy atom. The second-order valence-corrected chi connectivity index (χ2v) is 7.54. The molecule has 2 heterocycles. The molecule has 0 radical (unpaired) electrons. The van der Waals surface area contributed by atoms with E-state index in [0.29, 0.717) is 18.9 Å². The van der Waals surface area contributed by atoms with Gasteiger partial charge in [-0.2, -0.15) is 5.26 Å². The molecule has 0 aromatic rings. The molecule has 0 aromatic heterocycles. The summed E-state index contributed by atoms with van der Waals surface area (Å²) in [4.78, 5) is 8.28. The number of hydrogen-bond acceptors (Lipinski definition) is 6. The third-order valence-electron chi connectivity index (χ3n) is 5.56. The van der Waals surface area contributed by atoms with E-state index in [1.165, 1.54) is 38.9 Å². The number of nitrogens with zero attached hydrogens (tertiary/aromatic N) is 4. The fraction of sp³-hybridized carbons (Fsp3) is 0.905. The Balaban J connectivity index is 0.000000478. The zero-order valence-corrected chi connectivity index (χ0v) is 17.9. The van der Waals surface area contributed by atoms with Gasteiger partial charge >= 0.3 is 0 Å². The zero-order valence-electron chi connectivity index (χ0n) is 17.9. The van der Waals surface area contributed by atoms with E-state index in [1.807, 2.05) is 0 Å². The smallest absolute Gasteiger partial charge is 0.217 e. The molecule has 7 heteroatoms. The fourth-order valence-corrected chi connectivity index (χ4v) is 3.78. The highest BCUT2D eigenvalue weighted by molar-refractivity contribution is 4.80. The van der Waals surface area contributed by atoms with Gasteiger partial charge in [-0.25, -0.2) is 6.57 Å². The van der Waals surface area contributed by atoms with Gasteiger partial charge in [-0.05, 0) is 90.3 Å². The third kappa shape index (κ3) is 13.0. The Morgan fingerprint density at radius 3 is 1.96 bits per heavy atom. The predicted octanol–water partition coefficient (Wildman–Crippen LogP) is 1.54. The van der Waals surface area contributed by atoms with Crippen molar-refractivity contribution in [1.82, 2.24) is 9.80 Å². The van der Waals surface area contributed by atoms with Crippen LogP contribution in [-0.2, 0) is 0 Å². The van der Waals surface area contributed by atoms with Crippen LogP contribution in [0.15, 0.2) is 0 Å². The predicted molar refractivity (Wildman–Crippen MR) is 116 cm³/mol. The lowest BCUT2D eigenvalue weighted by atomic mass is 9.93. The molecule has 162 valence electrons. The van der Waals surface area contributed by atoms with E-state index in [4.69, 9.17) is 28.4 Å². The van der Waals surface area contributed by atoms with Crippen molar-refractivity contribution in [3.8, 4) is 6.07 Å². The van der Waals surface area contributed by atoms with E-state index in [9.17, 15) is 0 Å². The summed E-state index contributed by atoms with van der Waals surface area (Å²) in [6.07, 6.45) is 7.92. The van der Waals surface area contributed by atoms with Crippen LogP contribution < -0.4 is 11.5 Å². The first-order chi connectivity index (χ1) is 13.7. The van der Waals surface area contributed by atoms with Crippen molar-refractivity contribution in [2.45, 2.75) is 44.9 Å². The third-order valence-corrected chi connectivity index (χ3v) is 5.56. The van der Waals surface area contributed by atoms with Gasteiger partial charge < -0.3 is 31.2 Å². The van der Waals surface area contributed by atoms with Gasteiger partial charge in [0.05, 0.1) is 6.07 Å². The van der Waals surface area contributed by atoms with Crippen molar-refractivity contribution in [2.24, 2.45) is 23.3 Å². The first kappa shape index (κ1) is 26.8. The van der Waals surface area contributed by atoms with Gasteiger partial charge in [-0.15, -0.1) is 0 Å². The number of likely N-dealkylation sites (tertiary alicyclic amines) is 2. The van der Waals surface area contributed by atoms with Crippen LogP contribution in [0, 0.1) is 29.7 Å². The van der Waals surface area contributed by atoms with E-state index in [0.717, 1.165) is 65.0 Å². The highest BCUT2D eigenvalue weighted by Crippen LogP contribution is 2.19. The Bertz CT molecular complexity index is 418. The Kier molecular flexibility index (Phi) is 18.3. The van der Waals surface area contributed by atoms with Crippen LogP contribution in [-0.4, -0.2) is 80.9 Å². The van der Waals surface area contributed by atoms with E-state index in [-0.39, 0.29) is 0 Å². The molecule has 0 atom stereocenters. The second kappa shape index (κ2) is 19.1. The molecular formula is C21H42N6O. The molecule has 7 nitrogen and oxygen atoms in total. The van der Waals surface area contributed by atoms with E-state index < -0.39 is 0 Å². The molecule has 0 bridgehead atoms. The molecule has 0 aromatic carbocycles. The molecule has 0 aliphatic carbocycles. The van der Waals surface area contributed by atoms with Crippen LogP contribution in [0.25, 0.3) is 4.85 Å². The molecule has 2 rings (SSSR count). The standard InChI is InChI=1S/C10H15N3.C10H23N3.CH4O/c1-12-9-10-3-7-13(8-4-10)6-2-5-11;11-5-1-7-13-8-3-10(2-6-12)4-9-13;1-2/h10H,2-4,6-9H2;10H,1-9,11-12H2;2H,1H3. The van der Waals surface area contributed by atoms with Crippen molar-refractivity contribution < 1.29 is 5.11 Å². The lowest BCUT2D eigenvalue weighted by Gasteiger charge is -2.31. The average Bonchev–Trinajstić information content (AvgIpc) is 2.75. The maximum absolute atomic E-state index is 8.42. The summed E-state index contributed by atoms with van der Waals surface area (Å²) in [6.45, 7) is 15.9. The van der Waals surface area contributed by atoms with Gasteiger partial charge in [-0.1, -0.05) is 0 Å². The van der Waals surface area contributed by atoms with Crippen molar-refractivity contribution in [3.05, 3.63) is 11.4 Å². The average molecular weight is 395 g/mol. The molecule has 2 saturated heterocycles. The number of nitriles is 1. The summed E-state index contributed by atoms with van der Waals surface area (Å²) >= 11 is 0. The first-order valence-corrected chi connectivity index (χ1v) is 10.7. The lowest BCUT2D eigenvalue weighted by Crippen LogP contribution is -2.35. The molecule has 2 fully saturated rings. The molecule has 0 spiro atoms. The maximum atomic E-state index is 8.42. The van der Waals surface area contributed by atoms with Crippen LogP contribution in [0.4, 0.5) is 0 Å². The van der Waals surface area contributed by atoms with Crippen LogP contribution >= 0.6 is 0 Å². The van der Waals surface area contributed by atoms with Crippen molar-refractivity contribution in [3.63, 3.8) is 0 Å². The van der Waals surface area contributed by atoms with Crippen LogP contribution in [0.1, 0.15) is 44.9 Å². The zero-order chi connectivity index (χ0) is 21.0. The molecule has 0 saturated carbocycles. The van der Waals surface area contributed by atoms with Gasteiger partial charge in [0.1, 0.15) is 0 Å². The van der Waals surface area contributed by atoms with Crippen molar-refractivity contribution >= 4 is 0 Å². The summed E-state index contributed by atoms with van der Waals surface area (Å²) in [5, 5.41) is 15.4. The fourth-order valence-electron chi connectivity index (χ4n) is 3.78. The number of aliphatic hydroxyl groups excluding tert-OH is 1. The molecule has 2 aliphatic heterocycles. The topological polar surface area (TPSA) is 107 Å². The Labute approximate surface area is 172 Å². The molecule has 2 aliphatic rings. The molecule has 0 unspecified atom stereocenters. The molecule has 0 amide bonds. The van der Waals surface area contributed by atoms with Crippen LogP contribution in [0.5, 0.6) is 0 Å². The lowest BCUT2D eigenvalue weighted by molar-refractivity contribution is 0.179. The number of aliphatic hydroxyl groups is 1. The summed E-state index contributed by atoms with van der Waals surface area (Å²) in [5.74, 6) is 1.50. The first-order valence-electron chi connectivity index (χ1n) is 10.7. The van der Waals surface area contributed by atoms with E-state index >= 15 is 0 Å². The van der Waals surface area contributed by atoms with Crippen molar-refractivity contribution in [1.29, 1.82) is 5.26 Å². The van der Waals surface area contributed by atoms with Crippen LogP contribution in [0.2, 0.25) is 0 Å². The van der Waals surface area contributed by atoms with E-state index in [1.54, 1.807) is 0 Å². The Hall–Kier alpha value is -1.22. The normalized spacial score (nSPS) is 18.8. The summed E-state index contributed by atoms with van der Waals surface area (Å²) in [5.41, 5.74) is 11.0. The van der Waals surface area contributed by atoms with Gasteiger partial charge in [0, 0.05) is 26.0 Å². The summed E-state index contributed by atoms with van der Waals surface area (Å²) < 4.78 is 0. The molecule has 28 heavy (non-hydrogen) atoms. The van der Waals surface area contributed by atoms with Gasteiger partial charge in [0.15, 0.2) is 0 Å². The largest absolute Gasteiger partial charge is 0.400 e. The van der Waals surface area contributed by atoms with E-state index in [2.05, 4.69) is 20.7 Å². The van der Waals surface area contributed by atoms with Crippen LogP contribution in [0.3, 0.4) is 0 Å². The van der Waals surface area contributed by atoms with Gasteiger partial charge in [0.25, 0.3) is 0 Å². The summed E-state index contributed by atoms with van der Waals surface area (Å²) in [6, 6.07) is 2.16. The van der Waals surface area contributed by atoms with Crippen molar-refractivity contribution in [2.75, 3.05) is 66.0 Å². The highest BCUT2D eigenvalue weighted by atomic mass is 16.2. The number of rotatable bonds is 8. The highest BCUT2D eigenvalue weighted by Gasteiger charge is 2.20. The minimum Gasteiger partial charge on any atom is -0.400 e. The SMILES string of the molecule is CO.NCCCN1CCC(CCN)CC1.[C-]#[N+]CC1CCN(CCC#N)CC1.